The minimum Gasteiger partial charge on any atom is -0.350 e. The van der Waals surface area contributed by atoms with E-state index in [1.807, 2.05) is 30.6 Å². The van der Waals surface area contributed by atoms with Crippen LogP contribution in [-0.2, 0) is 6.42 Å². The number of H-pyrrole nitrogens is 1. The van der Waals surface area contributed by atoms with Crippen LogP contribution >= 0.6 is 0 Å². The van der Waals surface area contributed by atoms with Gasteiger partial charge in [0, 0.05) is 36.1 Å². The Morgan fingerprint density at radius 3 is 2.94 bits per heavy atom. The van der Waals surface area contributed by atoms with Gasteiger partial charge in [0.05, 0.1) is 0 Å². The van der Waals surface area contributed by atoms with Crippen molar-refractivity contribution in [3.05, 3.63) is 83.9 Å². The molecule has 4 aromatic rings. The molecule has 0 saturated heterocycles. The number of hydrogen-bond acceptors (Lipinski definition) is 3. The number of rotatable bonds is 4. The molecule has 0 radical (unpaired) electrons. The van der Waals surface area contributed by atoms with Crippen LogP contribution < -0.4 is 5.32 Å². The molecule has 2 atom stereocenters. The van der Waals surface area contributed by atoms with Crippen LogP contribution in [0.25, 0.3) is 22.2 Å². The fraction of sp³-hybridized carbons (Fsp3) is 0.269. The van der Waals surface area contributed by atoms with Crippen LogP contribution in [0.5, 0.6) is 0 Å². The number of carbonyl (C=O) groups is 1. The van der Waals surface area contributed by atoms with E-state index in [1.165, 1.54) is 11.1 Å². The molecule has 3 aromatic heterocycles. The SMILES string of the molecule is CC1CCC(CNC(=O)c2cc(-c3cnc4[nH]ccc4c3)ccn2)Cc2ccccc21. The van der Waals surface area contributed by atoms with Gasteiger partial charge in [0.2, 0.25) is 0 Å². The van der Waals surface area contributed by atoms with Crippen molar-refractivity contribution in [1.82, 2.24) is 20.3 Å². The molecule has 156 valence electrons. The summed E-state index contributed by atoms with van der Waals surface area (Å²) >= 11 is 0. The third kappa shape index (κ3) is 4.08. The molecule has 5 heteroatoms. The normalized spacial score (nSPS) is 18.4. The van der Waals surface area contributed by atoms with Crippen LogP contribution in [0.1, 0.15) is 47.3 Å². The van der Waals surface area contributed by atoms with Crippen molar-refractivity contribution in [1.29, 1.82) is 0 Å². The van der Waals surface area contributed by atoms with E-state index in [-0.39, 0.29) is 5.91 Å². The molecule has 0 bridgehead atoms. The number of benzene rings is 1. The summed E-state index contributed by atoms with van der Waals surface area (Å²) in [5.74, 6) is 0.891. The Morgan fingerprint density at radius 1 is 1.10 bits per heavy atom. The lowest BCUT2D eigenvalue weighted by molar-refractivity contribution is 0.0941. The van der Waals surface area contributed by atoms with E-state index in [9.17, 15) is 4.79 Å². The lowest BCUT2D eigenvalue weighted by Gasteiger charge is -2.15. The summed E-state index contributed by atoms with van der Waals surface area (Å²) in [6.45, 7) is 2.97. The molecular weight excluding hydrogens is 384 g/mol. The van der Waals surface area contributed by atoms with Crippen LogP contribution in [-0.4, -0.2) is 27.4 Å². The standard InChI is InChI=1S/C26H26N4O/c1-17-6-7-18(12-20-4-2-3-5-23(17)20)15-30-26(31)24-14-19(8-10-27-24)22-13-21-9-11-28-25(21)29-16-22/h2-5,8-11,13-14,16-18H,6-7,12,15H2,1H3,(H,28,29)(H,30,31). The van der Waals surface area contributed by atoms with E-state index >= 15 is 0 Å². The van der Waals surface area contributed by atoms with E-state index in [0.717, 1.165) is 41.4 Å². The summed E-state index contributed by atoms with van der Waals surface area (Å²) in [5.41, 5.74) is 6.08. The smallest absolute Gasteiger partial charge is 0.269 e. The molecular formula is C26H26N4O. The summed E-state index contributed by atoms with van der Waals surface area (Å²) in [6.07, 6.45) is 8.66. The van der Waals surface area contributed by atoms with Crippen molar-refractivity contribution in [2.45, 2.75) is 32.1 Å². The zero-order valence-corrected chi connectivity index (χ0v) is 17.6. The average Bonchev–Trinajstić information content (AvgIpc) is 3.22. The molecule has 1 aliphatic rings. The van der Waals surface area contributed by atoms with Crippen LogP contribution in [0.4, 0.5) is 0 Å². The summed E-state index contributed by atoms with van der Waals surface area (Å²) in [4.78, 5) is 24.7. The molecule has 1 aliphatic carbocycles. The van der Waals surface area contributed by atoms with Gasteiger partial charge < -0.3 is 10.3 Å². The fourth-order valence-corrected chi connectivity index (χ4v) is 4.59. The highest BCUT2D eigenvalue weighted by atomic mass is 16.1. The Bertz CT molecular complexity index is 1230. The topological polar surface area (TPSA) is 70.7 Å². The van der Waals surface area contributed by atoms with Crippen molar-refractivity contribution in [2.24, 2.45) is 5.92 Å². The first-order chi connectivity index (χ1) is 15.2. The summed E-state index contributed by atoms with van der Waals surface area (Å²) in [6, 6.07) is 16.5. The molecule has 3 heterocycles. The van der Waals surface area contributed by atoms with Gasteiger partial charge in [-0.2, -0.15) is 0 Å². The molecule has 0 aliphatic heterocycles. The van der Waals surface area contributed by atoms with E-state index in [2.05, 4.69) is 57.5 Å². The number of pyridine rings is 2. The molecule has 1 aromatic carbocycles. The third-order valence-electron chi connectivity index (χ3n) is 6.38. The number of amides is 1. The maximum absolute atomic E-state index is 12.8. The van der Waals surface area contributed by atoms with Gasteiger partial charge in [-0.1, -0.05) is 31.2 Å². The maximum atomic E-state index is 12.8. The highest BCUT2D eigenvalue weighted by molar-refractivity contribution is 5.93. The van der Waals surface area contributed by atoms with Crippen LogP contribution in [0.2, 0.25) is 0 Å². The quantitative estimate of drug-likeness (QED) is 0.459. The Kier molecular flexibility index (Phi) is 5.24. The second-order valence-corrected chi connectivity index (χ2v) is 8.53. The largest absolute Gasteiger partial charge is 0.350 e. The van der Waals surface area contributed by atoms with Crippen molar-refractivity contribution < 1.29 is 4.79 Å². The second-order valence-electron chi connectivity index (χ2n) is 8.53. The summed E-state index contributed by atoms with van der Waals surface area (Å²) < 4.78 is 0. The molecule has 0 saturated carbocycles. The van der Waals surface area contributed by atoms with Gasteiger partial charge in [-0.3, -0.25) is 9.78 Å². The minimum absolute atomic E-state index is 0.122. The van der Waals surface area contributed by atoms with E-state index in [1.54, 1.807) is 6.20 Å². The Labute approximate surface area is 182 Å². The van der Waals surface area contributed by atoms with Crippen molar-refractivity contribution >= 4 is 16.9 Å². The molecule has 5 nitrogen and oxygen atoms in total. The lowest BCUT2D eigenvalue weighted by atomic mass is 9.94. The Hall–Kier alpha value is -3.47. The molecule has 0 spiro atoms. The highest BCUT2D eigenvalue weighted by Gasteiger charge is 2.21. The molecule has 1 amide bonds. The number of carbonyl (C=O) groups excluding carboxylic acids is 1. The number of nitrogens with zero attached hydrogens (tertiary/aromatic N) is 2. The molecule has 31 heavy (non-hydrogen) atoms. The molecule has 2 N–H and O–H groups in total. The van der Waals surface area contributed by atoms with Gasteiger partial charge in [0.15, 0.2) is 0 Å². The van der Waals surface area contributed by atoms with Crippen LogP contribution in [0.3, 0.4) is 0 Å². The van der Waals surface area contributed by atoms with E-state index in [4.69, 9.17) is 0 Å². The van der Waals surface area contributed by atoms with Gasteiger partial charge >= 0.3 is 0 Å². The van der Waals surface area contributed by atoms with Crippen molar-refractivity contribution in [3.63, 3.8) is 0 Å². The first-order valence-corrected chi connectivity index (χ1v) is 10.9. The van der Waals surface area contributed by atoms with Gasteiger partial charge in [-0.25, -0.2) is 4.98 Å². The first kappa shape index (κ1) is 19.5. The zero-order chi connectivity index (χ0) is 21.2. The lowest BCUT2D eigenvalue weighted by Crippen LogP contribution is -2.30. The Morgan fingerprint density at radius 2 is 2.00 bits per heavy atom. The summed E-state index contributed by atoms with van der Waals surface area (Å²) in [5, 5.41) is 4.17. The van der Waals surface area contributed by atoms with Gasteiger partial charge in [-0.05, 0) is 72.1 Å². The van der Waals surface area contributed by atoms with Crippen molar-refractivity contribution in [2.75, 3.05) is 6.54 Å². The molecule has 0 fully saturated rings. The van der Waals surface area contributed by atoms with E-state index in [0.29, 0.717) is 24.1 Å². The third-order valence-corrected chi connectivity index (χ3v) is 6.38. The van der Waals surface area contributed by atoms with Gasteiger partial charge in [0.25, 0.3) is 5.91 Å². The maximum Gasteiger partial charge on any atom is 0.269 e. The van der Waals surface area contributed by atoms with Gasteiger partial charge in [-0.15, -0.1) is 0 Å². The first-order valence-electron chi connectivity index (χ1n) is 10.9. The van der Waals surface area contributed by atoms with Gasteiger partial charge in [0.1, 0.15) is 11.3 Å². The number of hydrogen-bond donors (Lipinski definition) is 2. The number of fused-ring (bicyclic) bond motifs is 2. The average molecular weight is 411 g/mol. The molecule has 2 unspecified atom stereocenters. The predicted octanol–water partition coefficient (Wildman–Crippen LogP) is 5.11. The van der Waals surface area contributed by atoms with E-state index < -0.39 is 0 Å². The molecule has 5 rings (SSSR count). The minimum atomic E-state index is -0.122. The van der Waals surface area contributed by atoms with Crippen LogP contribution in [0.15, 0.2) is 67.1 Å². The van der Waals surface area contributed by atoms with Crippen LogP contribution in [0, 0.1) is 5.92 Å². The Balaban J connectivity index is 1.28. The zero-order valence-electron chi connectivity index (χ0n) is 17.6. The number of aromatic amines is 1. The predicted molar refractivity (Wildman–Crippen MR) is 123 cm³/mol. The summed E-state index contributed by atoms with van der Waals surface area (Å²) in [7, 11) is 0. The second kappa shape index (κ2) is 8.34. The highest BCUT2D eigenvalue weighted by Crippen LogP contribution is 2.32. The number of nitrogens with one attached hydrogen (secondary N) is 2. The fourth-order valence-electron chi connectivity index (χ4n) is 4.59. The van der Waals surface area contributed by atoms with Crippen molar-refractivity contribution in [3.8, 4) is 11.1 Å². The monoisotopic (exact) mass is 410 g/mol. The number of aromatic nitrogens is 3.